The Bertz CT molecular complexity index is 1490. The fourth-order valence-corrected chi connectivity index (χ4v) is 4.91. The van der Waals surface area contributed by atoms with E-state index in [1.807, 2.05) is 54.3 Å². The van der Waals surface area contributed by atoms with Gasteiger partial charge in [0.1, 0.15) is 17.8 Å². The van der Waals surface area contributed by atoms with Crippen molar-refractivity contribution in [2.24, 2.45) is 0 Å². The number of fused-ring (bicyclic) bond motifs is 1. The van der Waals surface area contributed by atoms with Crippen LogP contribution in [0, 0.1) is 0 Å². The second-order valence-electron chi connectivity index (χ2n) is 10.2. The number of amides is 1. The Labute approximate surface area is 231 Å². The zero-order valence-corrected chi connectivity index (χ0v) is 22.4. The van der Waals surface area contributed by atoms with Crippen molar-refractivity contribution in [2.45, 2.75) is 38.1 Å². The summed E-state index contributed by atoms with van der Waals surface area (Å²) in [4.78, 5) is 18.2. The third-order valence-electron chi connectivity index (χ3n) is 7.06. The van der Waals surface area contributed by atoms with Crippen LogP contribution in [0.2, 0.25) is 5.02 Å². The minimum Gasteiger partial charge on any atom is -0.458 e. The Balaban J connectivity index is 1.24. The fourth-order valence-electron chi connectivity index (χ4n) is 4.65. The summed E-state index contributed by atoms with van der Waals surface area (Å²) in [7, 11) is 0. The van der Waals surface area contributed by atoms with Gasteiger partial charge in [-0.25, -0.2) is 4.98 Å². The van der Waals surface area contributed by atoms with E-state index in [1.165, 1.54) is 6.08 Å². The van der Waals surface area contributed by atoms with Gasteiger partial charge in [-0.1, -0.05) is 35.9 Å². The van der Waals surface area contributed by atoms with Gasteiger partial charge < -0.3 is 25.7 Å². The van der Waals surface area contributed by atoms with Gasteiger partial charge in [-0.15, -0.1) is 0 Å². The molecule has 1 atom stereocenters. The van der Waals surface area contributed by atoms with E-state index in [2.05, 4.69) is 10.3 Å². The second kappa shape index (κ2) is 11.2. The molecular weight excluding hydrogens is 516 g/mol. The van der Waals surface area contributed by atoms with Crippen LogP contribution in [0.15, 0.2) is 71.3 Å². The number of rotatable bonds is 7. The normalized spacial score (nSPS) is 16.5. The molecular formula is C30H31ClN4O4. The molecule has 1 aliphatic rings. The summed E-state index contributed by atoms with van der Waals surface area (Å²) in [6.07, 6.45) is 5.23. The standard InChI is InChI=1S/C30H31ClN4O4/c1-30(38)10-12-35(13-11-30)29(37)21-6-4-20(5-7-21)22-14-23-15-24(39-28(23)25(31)16-22)18-34-27(36)9-3-19-2-8-26(32)33-17-19/h2-9,14-17,29,37-38H,10-13,18H2,1H3,(H2,32,33)(H,34,36)/b9-3+. The van der Waals surface area contributed by atoms with E-state index >= 15 is 0 Å². The minimum absolute atomic E-state index is 0.210. The molecule has 9 heteroatoms. The number of benzene rings is 2. The number of hydrogen-bond acceptors (Lipinski definition) is 7. The van der Waals surface area contributed by atoms with E-state index in [9.17, 15) is 15.0 Å². The van der Waals surface area contributed by atoms with Crippen molar-refractivity contribution >= 4 is 40.4 Å². The van der Waals surface area contributed by atoms with Crippen molar-refractivity contribution in [2.75, 3.05) is 18.8 Å². The summed E-state index contributed by atoms with van der Waals surface area (Å²) in [6.45, 7) is 3.33. The molecule has 1 aliphatic heterocycles. The first kappa shape index (κ1) is 26.9. The highest BCUT2D eigenvalue weighted by molar-refractivity contribution is 6.35. The number of halogens is 1. The molecule has 0 bridgehead atoms. The number of aliphatic hydroxyl groups excluding tert-OH is 1. The number of nitrogens with one attached hydrogen (secondary N) is 1. The molecule has 1 saturated heterocycles. The van der Waals surface area contributed by atoms with E-state index in [-0.39, 0.29) is 12.5 Å². The molecule has 1 fully saturated rings. The maximum absolute atomic E-state index is 12.2. The molecule has 5 rings (SSSR count). The summed E-state index contributed by atoms with van der Waals surface area (Å²) in [5.74, 6) is 0.735. The number of carbonyl (C=O) groups excluding carboxylic acids is 1. The number of aromatic nitrogens is 1. The van der Waals surface area contributed by atoms with Crippen LogP contribution in [-0.4, -0.2) is 44.7 Å². The highest BCUT2D eigenvalue weighted by Crippen LogP contribution is 2.34. The van der Waals surface area contributed by atoms with Crippen LogP contribution < -0.4 is 11.1 Å². The van der Waals surface area contributed by atoms with E-state index < -0.39 is 11.8 Å². The summed E-state index contributed by atoms with van der Waals surface area (Å²) in [5, 5.41) is 25.1. The molecule has 2 aromatic carbocycles. The molecule has 202 valence electrons. The molecule has 2 aromatic heterocycles. The molecule has 1 amide bonds. The number of hydrogen-bond donors (Lipinski definition) is 4. The smallest absolute Gasteiger partial charge is 0.244 e. The average Bonchev–Trinajstić information content (AvgIpc) is 3.35. The summed E-state index contributed by atoms with van der Waals surface area (Å²) in [5.41, 5.74) is 8.91. The molecule has 4 aromatic rings. The molecule has 1 unspecified atom stereocenters. The lowest BCUT2D eigenvalue weighted by atomic mass is 9.93. The van der Waals surface area contributed by atoms with Crippen molar-refractivity contribution in [1.29, 1.82) is 0 Å². The maximum Gasteiger partial charge on any atom is 0.244 e. The number of nitrogen functional groups attached to an aromatic ring is 1. The number of carbonyl (C=O) groups is 1. The SMILES string of the molecule is CC1(O)CCN(C(O)c2ccc(-c3cc(Cl)c4oc(CNC(=O)/C=C/c5ccc(N)nc5)cc4c3)cc2)CC1. The van der Waals surface area contributed by atoms with Crippen LogP contribution in [0.4, 0.5) is 5.82 Å². The molecule has 0 radical (unpaired) electrons. The number of pyridine rings is 1. The molecule has 8 nitrogen and oxygen atoms in total. The molecule has 0 saturated carbocycles. The van der Waals surface area contributed by atoms with Crippen molar-refractivity contribution in [1.82, 2.24) is 15.2 Å². The zero-order chi connectivity index (χ0) is 27.6. The summed E-state index contributed by atoms with van der Waals surface area (Å²) in [6, 6.07) is 16.9. The first-order chi connectivity index (χ1) is 18.7. The highest BCUT2D eigenvalue weighted by Gasteiger charge is 2.30. The second-order valence-corrected chi connectivity index (χ2v) is 10.6. The first-order valence-corrected chi connectivity index (χ1v) is 13.2. The van der Waals surface area contributed by atoms with Crippen LogP contribution in [0.25, 0.3) is 28.2 Å². The molecule has 0 aliphatic carbocycles. The van der Waals surface area contributed by atoms with Crippen molar-refractivity contribution < 1.29 is 19.4 Å². The van der Waals surface area contributed by atoms with Crippen molar-refractivity contribution in [3.05, 3.63) is 88.8 Å². The van der Waals surface area contributed by atoms with E-state index in [0.717, 1.165) is 27.6 Å². The first-order valence-electron chi connectivity index (χ1n) is 12.8. The Morgan fingerprint density at radius 3 is 2.62 bits per heavy atom. The Kier molecular flexibility index (Phi) is 7.72. The van der Waals surface area contributed by atoms with Crippen molar-refractivity contribution in [3.63, 3.8) is 0 Å². The van der Waals surface area contributed by atoms with Crippen LogP contribution in [-0.2, 0) is 11.3 Å². The van der Waals surface area contributed by atoms with Crippen LogP contribution in [0.3, 0.4) is 0 Å². The molecule has 5 N–H and O–H groups in total. The number of furan rings is 1. The number of nitrogens with two attached hydrogens (primary N) is 1. The molecule has 39 heavy (non-hydrogen) atoms. The van der Waals surface area contributed by atoms with Gasteiger partial charge in [0.05, 0.1) is 17.2 Å². The predicted molar refractivity (Wildman–Crippen MR) is 153 cm³/mol. The Morgan fingerprint density at radius 2 is 1.92 bits per heavy atom. The average molecular weight is 547 g/mol. The number of anilines is 1. The maximum atomic E-state index is 12.2. The quantitative estimate of drug-likeness (QED) is 0.243. The van der Waals surface area contributed by atoms with Gasteiger partial charge >= 0.3 is 0 Å². The Hall–Kier alpha value is -3.69. The van der Waals surface area contributed by atoms with Crippen LogP contribution in [0.5, 0.6) is 0 Å². The number of aliphatic hydroxyl groups is 2. The van der Waals surface area contributed by atoms with E-state index in [4.69, 9.17) is 21.8 Å². The van der Waals surface area contributed by atoms with Gasteiger partial charge in [0, 0.05) is 30.7 Å². The van der Waals surface area contributed by atoms with Gasteiger partial charge in [-0.3, -0.25) is 9.69 Å². The predicted octanol–water partition coefficient (Wildman–Crippen LogP) is 4.90. The fraction of sp³-hybridized carbons (Fsp3) is 0.267. The summed E-state index contributed by atoms with van der Waals surface area (Å²) < 4.78 is 5.90. The van der Waals surface area contributed by atoms with Crippen molar-refractivity contribution in [3.8, 4) is 11.1 Å². The van der Waals surface area contributed by atoms with Crippen LogP contribution >= 0.6 is 11.6 Å². The summed E-state index contributed by atoms with van der Waals surface area (Å²) >= 11 is 6.55. The number of nitrogens with zero attached hydrogens (tertiary/aromatic N) is 2. The highest BCUT2D eigenvalue weighted by atomic mass is 35.5. The largest absolute Gasteiger partial charge is 0.458 e. The van der Waals surface area contributed by atoms with Gasteiger partial charge in [0.25, 0.3) is 0 Å². The lowest BCUT2D eigenvalue weighted by Gasteiger charge is -2.38. The zero-order valence-electron chi connectivity index (χ0n) is 21.6. The van der Waals surface area contributed by atoms with Crippen LogP contribution in [0.1, 0.15) is 42.9 Å². The number of likely N-dealkylation sites (tertiary alicyclic amines) is 1. The van der Waals surface area contributed by atoms with Gasteiger partial charge in [-0.2, -0.15) is 0 Å². The monoisotopic (exact) mass is 546 g/mol. The van der Waals surface area contributed by atoms with E-state index in [0.29, 0.717) is 48.1 Å². The van der Waals surface area contributed by atoms with E-state index in [1.54, 1.807) is 24.4 Å². The lowest BCUT2D eigenvalue weighted by Crippen LogP contribution is -2.43. The minimum atomic E-state index is -0.717. The molecule has 3 heterocycles. The third-order valence-corrected chi connectivity index (χ3v) is 7.34. The van der Waals surface area contributed by atoms with Gasteiger partial charge in [0.15, 0.2) is 5.58 Å². The lowest BCUT2D eigenvalue weighted by molar-refractivity contribution is -0.116. The van der Waals surface area contributed by atoms with Gasteiger partial charge in [0.2, 0.25) is 5.91 Å². The topological polar surface area (TPSA) is 125 Å². The Morgan fingerprint density at radius 1 is 1.18 bits per heavy atom. The molecule has 0 spiro atoms. The van der Waals surface area contributed by atoms with Gasteiger partial charge in [-0.05, 0) is 78.4 Å². The third kappa shape index (κ3) is 6.49. The number of piperidine rings is 1.